The van der Waals surface area contributed by atoms with Gasteiger partial charge in [-0.3, -0.25) is 9.59 Å². The number of benzene rings is 2. The van der Waals surface area contributed by atoms with Gasteiger partial charge in [0.1, 0.15) is 0 Å². The summed E-state index contributed by atoms with van der Waals surface area (Å²) >= 11 is 7.72. The number of hydrogen-bond acceptors (Lipinski definition) is 5. The number of ketones is 1. The Balaban J connectivity index is 1.53. The van der Waals surface area contributed by atoms with E-state index in [0.29, 0.717) is 38.1 Å². The quantitative estimate of drug-likeness (QED) is 0.348. The van der Waals surface area contributed by atoms with Gasteiger partial charge in [0, 0.05) is 17.3 Å². The standard InChI is InChI=1S/C24H15ClN4O2S/c25-18-9-8-16(13-19(18)28-24(31)15-5-2-1-3-6-15)20-10-11-26-23-17(14-27-29(20)23)22(30)21-7-4-12-32-21/h1-14H,(H,28,31). The summed E-state index contributed by atoms with van der Waals surface area (Å²) in [6, 6.07) is 19.6. The number of carbonyl (C=O) groups excluding carboxylic acids is 2. The highest BCUT2D eigenvalue weighted by molar-refractivity contribution is 7.12. The molecule has 0 saturated carbocycles. The fourth-order valence-corrected chi connectivity index (χ4v) is 4.22. The molecule has 1 amide bonds. The predicted octanol–water partition coefficient (Wildman–Crippen LogP) is 5.59. The topological polar surface area (TPSA) is 76.4 Å². The molecule has 5 aromatic rings. The first-order chi connectivity index (χ1) is 15.6. The second-order valence-corrected chi connectivity index (χ2v) is 8.30. The van der Waals surface area contributed by atoms with Crippen molar-refractivity contribution < 1.29 is 9.59 Å². The Bertz CT molecular complexity index is 1450. The van der Waals surface area contributed by atoms with Gasteiger partial charge >= 0.3 is 0 Å². The van der Waals surface area contributed by atoms with Crippen LogP contribution in [0.3, 0.4) is 0 Å². The molecule has 32 heavy (non-hydrogen) atoms. The fourth-order valence-electron chi connectivity index (χ4n) is 3.38. The number of thiophene rings is 1. The van der Waals surface area contributed by atoms with Crippen molar-refractivity contribution in [2.24, 2.45) is 0 Å². The number of carbonyl (C=O) groups is 2. The number of nitrogens with one attached hydrogen (secondary N) is 1. The highest BCUT2D eigenvalue weighted by Gasteiger charge is 2.19. The summed E-state index contributed by atoms with van der Waals surface area (Å²) < 4.78 is 1.62. The van der Waals surface area contributed by atoms with E-state index in [1.54, 1.807) is 59.2 Å². The number of amides is 1. The molecule has 0 aliphatic carbocycles. The van der Waals surface area contributed by atoms with Crippen LogP contribution in [0.4, 0.5) is 5.69 Å². The van der Waals surface area contributed by atoms with Crippen molar-refractivity contribution in [3.05, 3.63) is 106 Å². The molecule has 3 heterocycles. The number of halogens is 1. The lowest BCUT2D eigenvalue weighted by atomic mass is 10.1. The third-order valence-corrected chi connectivity index (χ3v) is 6.14. The lowest BCUT2D eigenvalue weighted by Crippen LogP contribution is -2.12. The maximum atomic E-state index is 12.8. The molecule has 0 saturated heterocycles. The minimum Gasteiger partial charge on any atom is -0.321 e. The Hall–Kier alpha value is -3.81. The average Bonchev–Trinajstić information content (AvgIpc) is 3.51. The molecular formula is C24H15ClN4O2S. The largest absolute Gasteiger partial charge is 0.321 e. The van der Waals surface area contributed by atoms with Crippen LogP contribution in [0, 0.1) is 0 Å². The predicted molar refractivity (Wildman–Crippen MR) is 126 cm³/mol. The molecule has 0 aliphatic rings. The maximum absolute atomic E-state index is 12.8. The zero-order chi connectivity index (χ0) is 22.1. The van der Waals surface area contributed by atoms with Crippen molar-refractivity contribution in [1.82, 2.24) is 14.6 Å². The van der Waals surface area contributed by atoms with E-state index in [9.17, 15) is 9.59 Å². The second-order valence-electron chi connectivity index (χ2n) is 6.94. The van der Waals surface area contributed by atoms with Crippen molar-refractivity contribution in [3.8, 4) is 11.3 Å². The summed E-state index contributed by atoms with van der Waals surface area (Å²) in [5.74, 6) is -0.376. The highest BCUT2D eigenvalue weighted by Crippen LogP contribution is 2.30. The van der Waals surface area contributed by atoms with E-state index in [1.165, 1.54) is 17.5 Å². The summed E-state index contributed by atoms with van der Waals surface area (Å²) in [4.78, 5) is 30.4. The number of nitrogens with zero attached hydrogens (tertiary/aromatic N) is 3. The first-order valence-corrected chi connectivity index (χ1v) is 10.9. The summed E-state index contributed by atoms with van der Waals surface area (Å²) in [5, 5.41) is 9.53. The van der Waals surface area contributed by atoms with Crippen LogP contribution >= 0.6 is 22.9 Å². The van der Waals surface area contributed by atoms with Gasteiger partial charge < -0.3 is 5.32 Å². The summed E-state index contributed by atoms with van der Waals surface area (Å²) in [7, 11) is 0. The van der Waals surface area contributed by atoms with Crippen LogP contribution in [0.2, 0.25) is 5.02 Å². The molecular weight excluding hydrogens is 444 g/mol. The molecule has 6 nitrogen and oxygen atoms in total. The van der Waals surface area contributed by atoms with Gasteiger partial charge in [-0.2, -0.15) is 5.10 Å². The highest BCUT2D eigenvalue weighted by atomic mass is 35.5. The van der Waals surface area contributed by atoms with E-state index in [0.717, 1.165) is 5.56 Å². The van der Waals surface area contributed by atoms with E-state index in [2.05, 4.69) is 15.4 Å². The lowest BCUT2D eigenvalue weighted by Gasteiger charge is -2.11. The lowest BCUT2D eigenvalue weighted by molar-refractivity contribution is 0.102. The number of hydrogen-bond donors (Lipinski definition) is 1. The van der Waals surface area contributed by atoms with Gasteiger partial charge in [0.05, 0.1) is 33.0 Å². The van der Waals surface area contributed by atoms with Gasteiger partial charge in [-0.25, -0.2) is 9.50 Å². The third kappa shape index (κ3) is 3.68. The molecule has 1 N–H and O–H groups in total. The molecule has 0 fully saturated rings. The van der Waals surface area contributed by atoms with Gasteiger partial charge in [-0.1, -0.05) is 41.9 Å². The minimum absolute atomic E-state index is 0.119. The average molecular weight is 459 g/mol. The van der Waals surface area contributed by atoms with E-state index in [1.807, 2.05) is 23.6 Å². The van der Waals surface area contributed by atoms with Crippen molar-refractivity contribution >= 4 is 46.0 Å². The van der Waals surface area contributed by atoms with Crippen LogP contribution in [0.15, 0.2) is 84.5 Å². The third-order valence-electron chi connectivity index (χ3n) is 4.94. The van der Waals surface area contributed by atoms with Crippen LogP contribution in [0.25, 0.3) is 16.9 Å². The summed E-state index contributed by atoms with van der Waals surface area (Å²) in [5.41, 5.74) is 3.39. The number of anilines is 1. The normalized spacial score (nSPS) is 10.9. The van der Waals surface area contributed by atoms with E-state index >= 15 is 0 Å². The smallest absolute Gasteiger partial charge is 0.255 e. The van der Waals surface area contributed by atoms with Crippen LogP contribution in [0.5, 0.6) is 0 Å². The van der Waals surface area contributed by atoms with Gasteiger partial charge in [0.25, 0.3) is 5.91 Å². The fraction of sp³-hybridized carbons (Fsp3) is 0. The first-order valence-electron chi connectivity index (χ1n) is 9.69. The Morgan fingerprint density at radius 2 is 1.84 bits per heavy atom. The van der Waals surface area contributed by atoms with Crippen molar-refractivity contribution in [2.45, 2.75) is 0 Å². The Morgan fingerprint density at radius 1 is 1.00 bits per heavy atom. The zero-order valence-electron chi connectivity index (χ0n) is 16.5. The van der Waals surface area contributed by atoms with Crippen molar-refractivity contribution in [3.63, 3.8) is 0 Å². The summed E-state index contributed by atoms with van der Waals surface area (Å²) in [6.45, 7) is 0. The van der Waals surface area contributed by atoms with Gasteiger partial charge in [-0.05, 0) is 41.8 Å². The molecule has 0 spiro atoms. The molecule has 0 radical (unpaired) electrons. The molecule has 0 unspecified atom stereocenters. The van der Waals surface area contributed by atoms with Crippen LogP contribution < -0.4 is 5.32 Å². The van der Waals surface area contributed by atoms with Gasteiger partial charge in [-0.15, -0.1) is 11.3 Å². The Morgan fingerprint density at radius 3 is 2.62 bits per heavy atom. The Labute approximate surface area is 192 Å². The first kappa shape index (κ1) is 20.1. The van der Waals surface area contributed by atoms with Gasteiger partial charge in [0.15, 0.2) is 5.65 Å². The van der Waals surface area contributed by atoms with Crippen molar-refractivity contribution in [1.29, 1.82) is 0 Å². The SMILES string of the molecule is O=C(Nc1cc(-c2ccnc3c(C(=O)c4cccs4)cnn23)ccc1Cl)c1ccccc1. The van der Waals surface area contributed by atoms with E-state index in [4.69, 9.17) is 11.6 Å². The molecule has 0 aliphatic heterocycles. The number of fused-ring (bicyclic) bond motifs is 1. The molecule has 5 rings (SSSR count). The second kappa shape index (κ2) is 8.37. The molecule has 8 heteroatoms. The Kier molecular flexibility index (Phi) is 5.26. The monoisotopic (exact) mass is 458 g/mol. The maximum Gasteiger partial charge on any atom is 0.255 e. The molecule has 156 valence electrons. The van der Waals surface area contributed by atoms with Crippen LogP contribution in [-0.2, 0) is 0 Å². The van der Waals surface area contributed by atoms with Crippen LogP contribution in [0.1, 0.15) is 25.6 Å². The minimum atomic E-state index is -0.257. The number of aromatic nitrogens is 3. The van der Waals surface area contributed by atoms with Crippen molar-refractivity contribution in [2.75, 3.05) is 5.32 Å². The summed E-state index contributed by atoms with van der Waals surface area (Å²) in [6.07, 6.45) is 3.16. The molecule has 0 atom stereocenters. The molecule has 0 bridgehead atoms. The van der Waals surface area contributed by atoms with Gasteiger partial charge in [0.2, 0.25) is 5.78 Å². The number of rotatable bonds is 5. The van der Waals surface area contributed by atoms with Crippen LogP contribution in [-0.4, -0.2) is 26.3 Å². The van der Waals surface area contributed by atoms with E-state index < -0.39 is 0 Å². The zero-order valence-corrected chi connectivity index (χ0v) is 18.1. The van der Waals surface area contributed by atoms with E-state index in [-0.39, 0.29) is 11.7 Å². The molecule has 3 aromatic heterocycles. The molecule has 2 aromatic carbocycles.